The van der Waals surface area contributed by atoms with Gasteiger partial charge in [-0.3, -0.25) is 0 Å². The molecule has 0 fully saturated rings. The van der Waals surface area contributed by atoms with Crippen LogP contribution >= 0.6 is 0 Å². The zero-order valence-electron chi connectivity index (χ0n) is 9.09. The second-order valence-electron chi connectivity index (χ2n) is 2.67. The summed E-state index contributed by atoms with van der Waals surface area (Å²) in [6, 6.07) is 5.91. The van der Waals surface area contributed by atoms with Crippen LogP contribution in [0.3, 0.4) is 0 Å². The van der Waals surface area contributed by atoms with Gasteiger partial charge in [0.1, 0.15) is 5.75 Å². The summed E-state index contributed by atoms with van der Waals surface area (Å²) < 4.78 is 0. The van der Waals surface area contributed by atoms with E-state index in [-0.39, 0.29) is 0 Å². The maximum absolute atomic E-state index is 9.42. The van der Waals surface area contributed by atoms with Crippen LogP contribution < -0.4 is 0 Å². The molecule has 0 amide bonds. The van der Waals surface area contributed by atoms with Crippen molar-refractivity contribution in [3.8, 4) is 5.75 Å². The molecule has 0 radical (unpaired) electrons. The van der Waals surface area contributed by atoms with Crippen molar-refractivity contribution in [2.45, 2.75) is 40.5 Å². The maximum Gasteiger partial charge on any atom is 0.119 e. The van der Waals surface area contributed by atoms with Crippen LogP contribution in [0.2, 0.25) is 0 Å². The van der Waals surface area contributed by atoms with Crippen LogP contribution in [-0.2, 0) is 12.8 Å². The summed E-state index contributed by atoms with van der Waals surface area (Å²) >= 11 is 0. The minimum absolute atomic E-state index is 0.437. The third-order valence-corrected chi connectivity index (χ3v) is 1.94. The van der Waals surface area contributed by atoms with Gasteiger partial charge in [0.05, 0.1) is 0 Å². The van der Waals surface area contributed by atoms with E-state index in [0.717, 1.165) is 18.4 Å². The predicted molar refractivity (Wildman–Crippen MR) is 58.2 cm³/mol. The van der Waals surface area contributed by atoms with Crippen LogP contribution in [0.25, 0.3) is 0 Å². The van der Waals surface area contributed by atoms with Gasteiger partial charge in [0, 0.05) is 0 Å². The Morgan fingerprint density at radius 1 is 1.08 bits per heavy atom. The summed E-state index contributed by atoms with van der Waals surface area (Å²) in [4.78, 5) is 0. The van der Waals surface area contributed by atoms with E-state index in [1.54, 1.807) is 0 Å². The highest BCUT2D eigenvalue weighted by molar-refractivity contribution is 5.36. The third kappa shape index (κ3) is 3.49. The molecular weight excluding hydrogens is 160 g/mol. The Labute approximate surface area is 81.4 Å². The van der Waals surface area contributed by atoms with E-state index in [2.05, 4.69) is 13.0 Å². The average Bonchev–Trinajstić information content (AvgIpc) is 2.20. The Hall–Kier alpha value is -0.980. The molecule has 0 bridgehead atoms. The van der Waals surface area contributed by atoms with Gasteiger partial charge in [-0.1, -0.05) is 39.8 Å². The molecule has 0 saturated heterocycles. The topological polar surface area (TPSA) is 20.2 Å². The molecule has 74 valence electrons. The van der Waals surface area contributed by atoms with Crippen molar-refractivity contribution in [1.29, 1.82) is 0 Å². The fraction of sp³-hybridized carbons (Fsp3) is 0.500. The molecule has 1 aromatic carbocycles. The highest BCUT2D eigenvalue weighted by atomic mass is 16.3. The highest BCUT2D eigenvalue weighted by Crippen LogP contribution is 2.19. The van der Waals surface area contributed by atoms with Crippen LogP contribution in [-0.4, -0.2) is 5.11 Å². The van der Waals surface area contributed by atoms with E-state index in [4.69, 9.17) is 0 Å². The van der Waals surface area contributed by atoms with Crippen LogP contribution in [0.1, 0.15) is 38.8 Å². The Morgan fingerprint density at radius 3 is 2.08 bits per heavy atom. The highest BCUT2D eigenvalue weighted by Gasteiger charge is 1.98. The minimum atomic E-state index is 0.437. The fourth-order valence-corrected chi connectivity index (χ4v) is 1.13. The van der Waals surface area contributed by atoms with Crippen molar-refractivity contribution in [3.05, 3.63) is 29.3 Å². The molecule has 0 heterocycles. The smallest absolute Gasteiger partial charge is 0.119 e. The summed E-state index contributed by atoms with van der Waals surface area (Å²) in [6.07, 6.45) is 1.88. The average molecular weight is 180 g/mol. The Bertz CT molecular complexity index is 241. The normalized spacial score (nSPS) is 8.92. The number of phenols is 1. The van der Waals surface area contributed by atoms with Gasteiger partial charge in [-0.15, -0.1) is 0 Å². The second kappa shape index (κ2) is 6.53. The molecule has 0 unspecified atom stereocenters. The van der Waals surface area contributed by atoms with Crippen molar-refractivity contribution in [3.63, 3.8) is 0 Å². The van der Waals surface area contributed by atoms with Gasteiger partial charge in [-0.25, -0.2) is 0 Å². The number of aromatic hydroxyl groups is 1. The summed E-state index contributed by atoms with van der Waals surface area (Å²) in [6.45, 7) is 8.13. The van der Waals surface area contributed by atoms with Crippen LogP contribution in [0.4, 0.5) is 0 Å². The molecule has 1 aromatic rings. The summed E-state index contributed by atoms with van der Waals surface area (Å²) in [5.41, 5.74) is 2.22. The Balaban J connectivity index is 0.000000671. The molecule has 0 aliphatic rings. The van der Waals surface area contributed by atoms with E-state index in [1.807, 2.05) is 32.9 Å². The molecule has 0 atom stereocenters. The zero-order chi connectivity index (χ0) is 10.3. The van der Waals surface area contributed by atoms with Crippen molar-refractivity contribution in [1.82, 2.24) is 0 Å². The van der Waals surface area contributed by atoms with Gasteiger partial charge in [0.2, 0.25) is 0 Å². The molecule has 0 aliphatic carbocycles. The number of rotatable bonds is 2. The monoisotopic (exact) mass is 180 g/mol. The van der Waals surface area contributed by atoms with Gasteiger partial charge in [0.25, 0.3) is 0 Å². The summed E-state index contributed by atoms with van der Waals surface area (Å²) in [7, 11) is 0. The maximum atomic E-state index is 9.42. The van der Waals surface area contributed by atoms with Gasteiger partial charge >= 0.3 is 0 Å². The fourth-order valence-electron chi connectivity index (χ4n) is 1.13. The lowest BCUT2D eigenvalue weighted by Crippen LogP contribution is -1.84. The summed E-state index contributed by atoms with van der Waals surface area (Å²) in [5.74, 6) is 0.437. The lowest BCUT2D eigenvalue weighted by Gasteiger charge is -2.02. The Morgan fingerprint density at radius 2 is 1.69 bits per heavy atom. The first-order chi connectivity index (χ1) is 6.27. The van der Waals surface area contributed by atoms with Crippen LogP contribution in [0, 0.1) is 0 Å². The minimum Gasteiger partial charge on any atom is -0.508 e. The first-order valence-corrected chi connectivity index (χ1v) is 5.08. The first-order valence-electron chi connectivity index (χ1n) is 5.08. The molecule has 1 nitrogen and oxygen atoms in total. The lowest BCUT2D eigenvalue weighted by atomic mass is 10.1. The van der Waals surface area contributed by atoms with E-state index in [9.17, 15) is 5.11 Å². The predicted octanol–water partition coefficient (Wildman–Crippen LogP) is 3.54. The van der Waals surface area contributed by atoms with E-state index >= 15 is 0 Å². The van der Waals surface area contributed by atoms with Gasteiger partial charge in [-0.05, 0) is 30.0 Å². The number of hydrogen-bond acceptors (Lipinski definition) is 1. The van der Waals surface area contributed by atoms with Gasteiger partial charge in [-0.2, -0.15) is 0 Å². The number of hydrogen-bond donors (Lipinski definition) is 1. The molecular formula is C12H20O. The summed E-state index contributed by atoms with van der Waals surface area (Å²) in [5, 5.41) is 9.42. The van der Waals surface area contributed by atoms with E-state index < -0.39 is 0 Å². The SMILES string of the molecule is CC.CCc1ccc(CC)c(O)c1. The number of benzene rings is 1. The second-order valence-corrected chi connectivity index (χ2v) is 2.67. The quantitative estimate of drug-likeness (QED) is 0.738. The number of aryl methyl sites for hydroxylation is 2. The van der Waals surface area contributed by atoms with Gasteiger partial charge < -0.3 is 5.11 Å². The van der Waals surface area contributed by atoms with Crippen LogP contribution in [0.15, 0.2) is 18.2 Å². The molecule has 0 aromatic heterocycles. The standard InChI is InChI=1S/C10H14O.C2H6/c1-3-8-5-6-9(4-2)10(11)7-8;1-2/h5-7,11H,3-4H2,1-2H3;1-2H3. The molecule has 0 aliphatic heterocycles. The first kappa shape index (κ1) is 12.0. The molecule has 0 saturated carbocycles. The van der Waals surface area contributed by atoms with E-state index in [0.29, 0.717) is 5.75 Å². The molecule has 1 rings (SSSR count). The van der Waals surface area contributed by atoms with Crippen molar-refractivity contribution in [2.75, 3.05) is 0 Å². The van der Waals surface area contributed by atoms with Gasteiger partial charge in [0.15, 0.2) is 0 Å². The lowest BCUT2D eigenvalue weighted by molar-refractivity contribution is 0.468. The van der Waals surface area contributed by atoms with Crippen molar-refractivity contribution >= 4 is 0 Å². The largest absolute Gasteiger partial charge is 0.508 e. The van der Waals surface area contributed by atoms with Crippen LogP contribution in [0.5, 0.6) is 5.75 Å². The molecule has 0 spiro atoms. The Kier molecular flexibility index (Phi) is 6.03. The van der Waals surface area contributed by atoms with E-state index in [1.165, 1.54) is 5.56 Å². The zero-order valence-corrected chi connectivity index (χ0v) is 9.09. The third-order valence-electron chi connectivity index (χ3n) is 1.94. The van der Waals surface area contributed by atoms with Crippen molar-refractivity contribution in [2.24, 2.45) is 0 Å². The molecule has 13 heavy (non-hydrogen) atoms. The molecule has 1 heteroatoms. The number of phenolic OH excluding ortho intramolecular Hbond substituents is 1. The molecule has 1 N–H and O–H groups in total. The van der Waals surface area contributed by atoms with Crippen molar-refractivity contribution < 1.29 is 5.11 Å².